The molecule has 0 aromatic carbocycles. The Morgan fingerprint density at radius 3 is 1.81 bits per heavy atom. The van der Waals surface area contributed by atoms with Crippen molar-refractivity contribution in [3.63, 3.8) is 0 Å². The molecule has 21 heavy (non-hydrogen) atoms. The van der Waals surface area contributed by atoms with Gasteiger partial charge in [-0.3, -0.25) is 4.98 Å². The van der Waals surface area contributed by atoms with Gasteiger partial charge >= 0.3 is 0 Å². The summed E-state index contributed by atoms with van der Waals surface area (Å²) < 4.78 is 0. The number of aromatic nitrogens is 3. The summed E-state index contributed by atoms with van der Waals surface area (Å²) in [4.78, 5) is 4.09. The number of hydrogen-bond donors (Lipinski definition) is 0. The van der Waals surface area contributed by atoms with Crippen LogP contribution in [0.3, 0.4) is 0 Å². The zero-order chi connectivity index (χ0) is 16.8. The highest BCUT2D eigenvalue weighted by Crippen LogP contribution is 2.22. The van der Waals surface area contributed by atoms with E-state index in [1.165, 1.54) is 11.1 Å². The number of nitrogens with zero attached hydrogens (tertiary/aromatic N) is 3. The zero-order valence-electron chi connectivity index (χ0n) is 15.2. The molecule has 0 bridgehead atoms. The molecule has 0 saturated heterocycles. The van der Waals surface area contributed by atoms with Gasteiger partial charge in [0.2, 0.25) is 0 Å². The largest absolute Gasteiger partial charge is 0.264 e. The van der Waals surface area contributed by atoms with Crippen LogP contribution in [-0.2, 0) is 0 Å². The second-order valence-electron chi connectivity index (χ2n) is 3.63. The van der Waals surface area contributed by atoms with Crippen LogP contribution in [0, 0.1) is 20.8 Å². The van der Waals surface area contributed by atoms with E-state index >= 15 is 0 Å². The standard InChI is InChI=1S/C12H13N3.3C2H6/c1-8-9(2)12(15-14-10(8)3)11-5-4-6-13-7-11;3*1-2/h4-7H,1-3H3;3*1-2H3. The summed E-state index contributed by atoms with van der Waals surface area (Å²) in [5.74, 6) is 0. The van der Waals surface area contributed by atoms with Crippen molar-refractivity contribution in [1.29, 1.82) is 0 Å². The SMILES string of the molecule is CC.CC.CC.Cc1nnc(-c2cccnc2)c(C)c1C. The molecular formula is C18H31N3. The molecule has 118 valence electrons. The summed E-state index contributed by atoms with van der Waals surface area (Å²) in [5.41, 5.74) is 5.30. The highest BCUT2D eigenvalue weighted by molar-refractivity contribution is 5.62. The minimum atomic E-state index is 0.922. The molecule has 2 aromatic rings. The Balaban J connectivity index is 0. The van der Waals surface area contributed by atoms with Gasteiger partial charge in [-0.15, -0.1) is 5.10 Å². The first kappa shape index (κ1) is 21.5. The molecule has 3 heteroatoms. The maximum Gasteiger partial charge on any atom is 0.0977 e. The zero-order valence-corrected chi connectivity index (χ0v) is 15.2. The lowest BCUT2D eigenvalue weighted by atomic mass is 10.0. The lowest BCUT2D eigenvalue weighted by Crippen LogP contribution is -1.99. The fourth-order valence-corrected chi connectivity index (χ4v) is 1.50. The topological polar surface area (TPSA) is 38.7 Å². The van der Waals surface area contributed by atoms with E-state index in [-0.39, 0.29) is 0 Å². The summed E-state index contributed by atoms with van der Waals surface area (Å²) in [7, 11) is 0. The molecule has 0 aliphatic heterocycles. The molecule has 3 nitrogen and oxygen atoms in total. The summed E-state index contributed by atoms with van der Waals surface area (Å²) in [6, 6.07) is 3.91. The number of pyridine rings is 1. The van der Waals surface area contributed by atoms with Crippen molar-refractivity contribution in [2.24, 2.45) is 0 Å². The number of rotatable bonds is 1. The molecule has 0 amide bonds. The van der Waals surface area contributed by atoms with E-state index in [2.05, 4.69) is 29.0 Å². The minimum Gasteiger partial charge on any atom is -0.264 e. The van der Waals surface area contributed by atoms with Crippen LogP contribution < -0.4 is 0 Å². The Hall–Kier alpha value is -1.77. The van der Waals surface area contributed by atoms with Gasteiger partial charge in [-0.2, -0.15) is 5.10 Å². The van der Waals surface area contributed by atoms with Gasteiger partial charge in [0.1, 0.15) is 0 Å². The van der Waals surface area contributed by atoms with E-state index in [0.29, 0.717) is 0 Å². The first-order valence-corrected chi connectivity index (χ1v) is 7.91. The predicted octanol–water partition coefficient (Wildman–Crippen LogP) is 5.54. The third-order valence-corrected chi connectivity index (χ3v) is 2.70. The molecular weight excluding hydrogens is 258 g/mol. The van der Waals surface area contributed by atoms with Gasteiger partial charge in [-0.1, -0.05) is 41.5 Å². The van der Waals surface area contributed by atoms with E-state index in [1.807, 2.05) is 66.8 Å². The summed E-state index contributed by atoms with van der Waals surface area (Å²) >= 11 is 0. The fraction of sp³-hybridized carbons (Fsp3) is 0.500. The maximum atomic E-state index is 4.22. The van der Waals surface area contributed by atoms with Gasteiger partial charge in [0.05, 0.1) is 11.4 Å². The molecule has 2 rings (SSSR count). The Kier molecular flexibility index (Phi) is 13.6. The van der Waals surface area contributed by atoms with Crippen molar-refractivity contribution in [1.82, 2.24) is 15.2 Å². The lowest BCUT2D eigenvalue weighted by Gasteiger charge is -2.08. The molecule has 0 saturated carbocycles. The first-order valence-electron chi connectivity index (χ1n) is 7.91. The van der Waals surface area contributed by atoms with E-state index in [9.17, 15) is 0 Å². The normalized spacial score (nSPS) is 8.24. The molecule has 0 N–H and O–H groups in total. The van der Waals surface area contributed by atoms with E-state index in [0.717, 1.165) is 17.0 Å². The molecule has 0 atom stereocenters. The number of aryl methyl sites for hydroxylation is 1. The van der Waals surface area contributed by atoms with Crippen LogP contribution in [-0.4, -0.2) is 15.2 Å². The smallest absolute Gasteiger partial charge is 0.0977 e. The Morgan fingerprint density at radius 1 is 0.762 bits per heavy atom. The molecule has 0 fully saturated rings. The van der Waals surface area contributed by atoms with Crippen LogP contribution in [0.4, 0.5) is 0 Å². The second-order valence-corrected chi connectivity index (χ2v) is 3.63. The molecule has 0 unspecified atom stereocenters. The van der Waals surface area contributed by atoms with Gasteiger partial charge in [0, 0.05) is 18.0 Å². The third kappa shape index (κ3) is 6.48. The van der Waals surface area contributed by atoms with Gasteiger partial charge in [-0.05, 0) is 44.0 Å². The number of hydrogen-bond acceptors (Lipinski definition) is 3. The second kappa shape index (κ2) is 13.2. The van der Waals surface area contributed by atoms with E-state index in [4.69, 9.17) is 0 Å². The monoisotopic (exact) mass is 289 g/mol. The Labute approximate surface area is 130 Å². The Bertz CT molecular complexity index is 479. The maximum absolute atomic E-state index is 4.22. The van der Waals surface area contributed by atoms with Crippen LogP contribution in [0.1, 0.15) is 58.4 Å². The predicted molar refractivity (Wildman–Crippen MR) is 93.5 cm³/mol. The lowest BCUT2D eigenvalue weighted by molar-refractivity contribution is 0.950. The highest BCUT2D eigenvalue weighted by Gasteiger charge is 2.08. The van der Waals surface area contributed by atoms with Crippen LogP contribution in [0.15, 0.2) is 24.5 Å². The Morgan fingerprint density at radius 2 is 1.33 bits per heavy atom. The van der Waals surface area contributed by atoms with Crippen molar-refractivity contribution in [3.05, 3.63) is 41.3 Å². The summed E-state index contributed by atoms with van der Waals surface area (Å²) in [6.45, 7) is 18.1. The molecule has 0 aliphatic rings. The molecule has 0 spiro atoms. The minimum absolute atomic E-state index is 0.922. The average molecular weight is 289 g/mol. The van der Waals surface area contributed by atoms with Crippen LogP contribution in [0.2, 0.25) is 0 Å². The average Bonchev–Trinajstić information content (AvgIpc) is 2.59. The summed E-state index contributed by atoms with van der Waals surface area (Å²) in [5, 5.41) is 8.36. The molecule has 2 heterocycles. The van der Waals surface area contributed by atoms with E-state index < -0.39 is 0 Å². The highest BCUT2D eigenvalue weighted by atomic mass is 15.1. The van der Waals surface area contributed by atoms with Crippen molar-refractivity contribution in [3.8, 4) is 11.3 Å². The van der Waals surface area contributed by atoms with Crippen LogP contribution >= 0.6 is 0 Å². The van der Waals surface area contributed by atoms with Crippen molar-refractivity contribution < 1.29 is 0 Å². The quantitative estimate of drug-likeness (QED) is 0.691. The first-order chi connectivity index (χ1) is 10.2. The van der Waals surface area contributed by atoms with Crippen LogP contribution in [0.25, 0.3) is 11.3 Å². The molecule has 0 aliphatic carbocycles. The summed E-state index contributed by atoms with van der Waals surface area (Å²) in [6.07, 6.45) is 3.57. The van der Waals surface area contributed by atoms with Gasteiger partial charge < -0.3 is 0 Å². The van der Waals surface area contributed by atoms with Gasteiger partial charge in [-0.25, -0.2) is 0 Å². The molecule has 2 aromatic heterocycles. The third-order valence-electron chi connectivity index (χ3n) is 2.70. The molecule has 0 radical (unpaired) electrons. The van der Waals surface area contributed by atoms with Crippen molar-refractivity contribution >= 4 is 0 Å². The van der Waals surface area contributed by atoms with Crippen molar-refractivity contribution in [2.45, 2.75) is 62.3 Å². The fourth-order valence-electron chi connectivity index (χ4n) is 1.50. The van der Waals surface area contributed by atoms with Gasteiger partial charge in [0.25, 0.3) is 0 Å². The van der Waals surface area contributed by atoms with Crippen LogP contribution in [0.5, 0.6) is 0 Å². The van der Waals surface area contributed by atoms with Crippen molar-refractivity contribution in [2.75, 3.05) is 0 Å². The van der Waals surface area contributed by atoms with E-state index in [1.54, 1.807) is 6.20 Å². The van der Waals surface area contributed by atoms with Gasteiger partial charge in [0.15, 0.2) is 0 Å².